The average molecular weight is 286 g/mol. The van der Waals surface area contributed by atoms with Crippen LogP contribution in [0.1, 0.15) is 23.8 Å². The second-order valence-electron chi connectivity index (χ2n) is 4.51. The van der Waals surface area contributed by atoms with Gasteiger partial charge in [0.05, 0.1) is 25.1 Å². The molecule has 1 atom stereocenters. The summed E-state index contributed by atoms with van der Waals surface area (Å²) in [4.78, 5) is 4.42. The molecule has 0 saturated heterocycles. The number of benzene rings is 1. The number of hydrogen-bond donors (Lipinski definition) is 1. The molecule has 2 aromatic rings. The summed E-state index contributed by atoms with van der Waals surface area (Å²) in [7, 11) is 1.65. The third-order valence-corrected chi connectivity index (χ3v) is 3.45. The van der Waals surface area contributed by atoms with Gasteiger partial charge in [-0.25, -0.2) is 4.99 Å². The lowest BCUT2D eigenvalue weighted by atomic mass is 10.00. The normalized spacial score (nSPS) is 18.4. The van der Waals surface area contributed by atoms with Gasteiger partial charge in [0.15, 0.2) is 5.11 Å². The standard InChI is InChI=1S/C15H14N2O2S/c1-18-11-6-4-10(5-7-11)12-9-13(17-15(20)16-12)14-3-2-8-19-14/h2-8,13H,9H2,1H3,(H,17,20). The van der Waals surface area contributed by atoms with E-state index in [9.17, 15) is 0 Å². The molecule has 0 amide bonds. The van der Waals surface area contributed by atoms with Crippen LogP contribution >= 0.6 is 12.2 Å². The molecule has 1 N–H and O–H groups in total. The van der Waals surface area contributed by atoms with Crippen LogP contribution in [0.2, 0.25) is 0 Å². The molecule has 0 bridgehead atoms. The van der Waals surface area contributed by atoms with Crippen molar-refractivity contribution >= 4 is 23.0 Å². The van der Waals surface area contributed by atoms with Crippen LogP contribution in [-0.2, 0) is 0 Å². The van der Waals surface area contributed by atoms with Crippen molar-refractivity contribution < 1.29 is 9.15 Å². The molecule has 2 heterocycles. The second-order valence-corrected chi connectivity index (χ2v) is 4.90. The number of aliphatic imine (C=N–C) groups is 1. The number of methoxy groups -OCH3 is 1. The molecule has 0 fully saturated rings. The molecule has 1 unspecified atom stereocenters. The number of thiocarbonyl (C=S) groups is 1. The number of ether oxygens (including phenoxy) is 1. The quantitative estimate of drug-likeness (QED) is 0.881. The third kappa shape index (κ3) is 2.58. The molecule has 0 saturated carbocycles. The minimum atomic E-state index is 0.0344. The zero-order valence-corrected chi connectivity index (χ0v) is 11.8. The lowest BCUT2D eigenvalue weighted by Crippen LogP contribution is -2.33. The van der Waals surface area contributed by atoms with E-state index in [2.05, 4.69) is 10.3 Å². The third-order valence-electron chi connectivity index (χ3n) is 3.24. The van der Waals surface area contributed by atoms with Crippen molar-refractivity contribution in [2.45, 2.75) is 12.5 Å². The van der Waals surface area contributed by atoms with E-state index in [1.165, 1.54) is 0 Å². The maximum absolute atomic E-state index is 5.44. The van der Waals surface area contributed by atoms with Gasteiger partial charge in [0.1, 0.15) is 11.5 Å². The molecule has 102 valence electrons. The minimum Gasteiger partial charge on any atom is -0.497 e. The number of furan rings is 1. The smallest absolute Gasteiger partial charge is 0.193 e. The highest BCUT2D eigenvalue weighted by Gasteiger charge is 2.23. The second kappa shape index (κ2) is 5.46. The van der Waals surface area contributed by atoms with E-state index in [1.807, 2.05) is 36.4 Å². The fraction of sp³-hybridized carbons (Fsp3) is 0.200. The summed E-state index contributed by atoms with van der Waals surface area (Å²) < 4.78 is 10.6. The zero-order chi connectivity index (χ0) is 13.9. The summed E-state index contributed by atoms with van der Waals surface area (Å²) in [6, 6.07) is 11.7. The summed E-state index contributed by atoms with van der Waals surface area (Å²) in [5.41, 5.74) is 2.00. The van der Waals surface area contributed by atoms with Gasteiger partial charge in [-0.3, -0.25) is 0 Å². The first kappa shape index (κ1) is 12.9. The van der Waals surface area contributed by atoms with Crippen LogP contribution in [0.15, 0.2) is 52.1 Å². The van der Waals surface area contributed by atoms with Gasteiger partial charge in [-0.05, 0) is 54.2 Å². The van der Waals surface area contributed by atoms with E-state index in [4.69, 9.17) is 21.4 Å². The molecular weight excluding hydrogens is 272 g/mol. The fourth-order valence-corrected chi connectivity index (χ4v) is 2.47. The largest absolute Gasteiger partial charge is 0.497 e. The summed E-state index contributed by atoms with van der Waals surface area (Å²) in [5.74, 6) is 1.70. The van der Waals surface area contributed by atoms with E-state index in [-0.39, 0.29) is 6.04 Å². The van der Waals surface area contributed by atoms with Crippen LogP contribution in [0.25, 0.3) is 0 Å². The van der Waals surface area contributed by atoms with Crippen molar-refractivity contribution in [1.82, 2.24) is 5.32 Å². The Hall–Kier alpha value is -2.14. The van der Waals surface area contributed by atoms with Crippen molar-refractivity contribution in [3.05, 3.63) is 54.0 Å². The van der Waals surface area contributed by atoms with E-state index in [0.29, 0.717) is 5.11 Å². The van der Waals surface area contributed by atoms with E-state index >= 15 is 0 Å². The molecule has 0 spiro atoms. The highest BCUT2D eigenvalue weighted by Crippen LogP contribution is 2.24. The molecule has 1 aliphatic rings. The summed E-state index contributed by atoms with van der Waals surface area (Å²) >= 11 is 5.22. The Labute approximate surface area is 122 Å². The molecule has 3 rings (SSSR count). The Bertz CT molecular complexity index is 632. The molecule has 0 radical (unpaired) electrons. The summed E-state index contributed by atoms with van der Waals surface area (Å²) in [6.07, 6.45) is 2.40. The maximum Gasteiger partial charge on any atom is 0.193 e. The van der Waals surface area contributed by atoms with Gasteiger partial charge < -0.3 is 14.5 Å². The Morgan fingerprint density at radius 1 is 1.30 bits per heavy atom. The van der Waals surface area contributed by atoms with Crippen molar-refractivity contribution in [1.29, 1.82) is 0 Å². The SMILES string of the molecule is COc1ccc(C2=NC(=S)NC(c3ccco3)C2)cc1. The van der Waals surface area contributed by atoms with Gasteiger partial charge >= 0.3 is 0 Å². The first-order chi connectivity index (χ1) is 9.76. The Morgan fingerprint density at radius 3 is 2.75 bits per heavy atom. The van der Waals surface area contributed by atoms with Crippen LogP contribution in [0, 0.1) is 0 Å². The number of nitrogens with one attached hydrogen (secondary N) is 1. The monoisotopic (exact) mass is 286 g/mol. The Balaban J connectivity index is 1.86. The van der Waals surface area contributed by atoms with Crippen LogP contribution in [-0.4, -0.2) is 17.9 Å². The van der Waals surface area contributed by atoms with Crippen molar-refractivity contribution in [3.63, 3.8) is 0 Å². The molecule has 0 aliphatic carbocycles. The van der Waals surface area contributed by atoms with E-state index < -0.39 is 0 Å². The highest BCUT2D eigenvalue weighted by atomic mass is 32.1. The van der Waals surface area contributed by atoms with Crippen molar-refractivity contribution in [2.24, 2.45) is 4.99 Å². The Morgan fingerprint density at radius 2 is 2.10 bits per heavy atom. The topological polar surface area (TPSA) is 46.8 Å². The van der Waals surface area contributed by atoms with Crippen LogP contribution in [0.4, 0.5) is 0 Å². The number of hydrogen-bond acceptors (Lipinski definition) is 3. The lowest BCUT2D eigenvalue weighted by Gasteiger charge is -2.23. The predicted molar refractivity (Wildman–Crippen MR) is 81.3 cm³/mol. The lowest BCUT2D eigenvalue weighted by molar-refractivity contribution is 0.415. The molecule has 4 nitrogen and oxygen atoms in total. The van der Waals surface area contributed by atoms with Gasteiger partial charge in [0.25, 0.3) is 0 Å². The van der Waals surface area contributed by atoms with Crippen molar-refractivity contribution in [3.8, 4) is 5.75 Å². The van der Waals surface area contributed by atoms with Gasteiger partial charge in [0.2, 0.25) is 0 Å². The molecule has 5 heteroatoms. The Kier molecular flexibility index (Phi) is 3.52. The predicted octanol–water partition coefficient (Wildman–Crippen LogP) is 3.10. The van der Waals surface area contributed by atoms with E-state index in [1.54, 1.807) is 13.4 Å². The number of nitrogens with zero attached hydrogens (tertiary/aromatic N) is 1. The highest BCUT2D eigenvalue weighted by molar-refractivity contribution is 7.80. The first-order valence-corrected chi connectivity index (χ1v) is 6.73. The summed E-state index contributed by atoms with van der Waals surface area (Å²) in [6.45, 7) is 0. The molecule has 1 aromatic carbocycles. The van der Waals surface area contributed by atoms with Crippen LogP contribution in [0.5, 0.6) is 5.75 Å². The molecular formula is C15H14N2O2S. The van der Waals surface area contributed by atoms with Gasteiger partial charge in [-0.2, -0.15) is 0 Å². The van der Waals surface area contributed by atoms with Crippen LogP contribution < -0.4 is 10.1 Å². The molecule has 1 aliphatic heterocycles. The zero-order valence-electron chi connectivity index (χ0n) is 11.0. The molecule has 1 aromatic heterocycles. The number of rotatable bonds is 3. The average Bonchev–Trinajstić information content (AvgIpc) is 3.01. The summed E-state index contributed by atoms with van der Waals surface area (Å²) in [5, 5.41) is 3.66. The van der Waals surface area contributed by atoms with Gasteiger partial charge in [0, 0.05) is 6.42 Å². The first-order valence-electron chi connectivity index (χ1n) is 6.32. The van der Waals surface area contributed by atoms with Crippen LogP contribution in [0.3, 0.4) is 0 Å². The van der Waals surface area contributed by atoms with Gasteiger partial charge in [-0.15, -0.1) is 0 Å². The van der Waals surface area contributed by atoms with Gasteiger partial charge in [-0.1, -0.05) is 0 Å². The minimum absolute atomic E-state index is 0.0344. The van der Waals surface area contributed by atoms with E-state index in [0.717, 1.165) is 29.2 Å². The maximum atomic E-state index is 5.44. The van der Waals surface area contributed by atoms with Crippen molar-refractivity contribution in [2.75, 3.05) is 7.11 Å². The molecule has 20 heavy (non-hydrogen) atoms. The fourth-order valence-electron chi connectivity index (χ4n) is 2.22.